The van der Waals surface area contributed by atoms with Crippen LogP contribution in [0, 0.1) is 0 Å². The highest BCUT2D eigenvalue weighted by Gasteiger charge is 2.27. The van der Waals surface area contributed by atoms with Crippen molar-refractivity contribution >= 4 is 5.91 Å². The lowest BCUT2D eigenvalue weighted by Crippen LogP contribution is -2.40. The third-order valence-electron chi connectivity index (χ3n) is 4.19. The molecule has 3 N–H and O–H groups in total. The third-order valence-corrected chi connectivity index (χ3v) is 4.19. The van der Waals surface area contributed by atoms with Crippen LogP contribution in [0.3, 0.4) is 0 Å². The average molecular weight is 268 g/mol. The third kappa shape index (κ3) is 5.91. The molecule has 0 saturated heterocycles. The van der Waals surface area contributed by atoms with Gasteiger partial charge >= 0.3 is 0 Å². The highest BCUT2D eigenvalue weighted by Crippen LogP contribution is 2.26. The summed E-state index contributed by atoms with van der Waals surface area (Å²) < 4.78 is 0. The summed E-state index contributed by atoms with van der Waals surface area (Å²) in [7, 11) is 0. The molecule has 0 aromatic carbocycles. The number of carbonyl (C=O) groups is 1. The van der Waals surface area contributed by atoms with Crippen molar-refractivity contribution in [3.05, 3.63) is 0 Å². The van der Waals surface area contributed by atoms with Gasteiger partial charge in [-0.05, 0) is 38.6 Å². The van der Waals surface area contributed by atoms with Gasteiger partial charge in [-0.3, -0.25) is 4.79 Å². The van der Waals surface area contributed by atoms with E-state index in [-0.39, 0.29) is 5.91 Å². The summed E-state index contributed by atoms with van der Waals surface area (Å²) >= 11 is 0. The van der Waals surface area contributed by atoms with Gasteiger partial charge in [-0.15, -0.1) is 0 Å². The maximum absolute atomic E-state index is 11.5. The SMILES string of the molecule is O=C(CCCNCC1(O)CCCCCC1)NC1CC1. The van der Waals surface area contributed by atoms with Crippen molar-refractivity contribution in [1.29, 1.82) is 0 Å². The second kappa shape index (κ2) is 7.25. The molecule has 0 radical (unpaired) electrons. The first-order chi connectivity index (χ1) is 9.18. The molecule has 2 aliphatic rings. The first-order valence-corrected chi connectivity index (χ1v) is 7.90. The Morgan fingerprint density at radius 1 is 1.16 bits per heavy atom. The van der Waals surface area contributed by atoms with Crippen molar-refractivity contribution in [2.45, 2.75) is 75.9 Å². The second-order valence-corrected chi connectivity index (χ2v) is 6.26. The molecule has 0 aromatic rings. The van der Waals surface area contributed by atoms with Crippen molar-refractivity contribution in [2.75, 3.05) is 13.1 Å². The maximum Gasteiger partial charge on any atom is 0.220 e. The van der Waals surface area contributed by atoms with E-state index < -0.39 is 5.60 Å². The highest BCUT2D eigenvalue weighted by molar-refractivity contribution is 5.76. The standard InChI is InChI=1S/C15H28N2O2/c18-14(17-13-7-8-13)6-5-11-16-12-15(19)9-3-1-2-4-10-15/h13,16,19H,1-12H2,(H,17,18). The van der Waals surface area contributed by atoms with Gasteiger partial charge in [-0.2, -0.15) is 0 Å². The van der Waals surface area contributed by atoms with Gasteiger partial charge in [0.25, 0.3) is 0 Å². The summed E-state index contributed by atoms with van der Waals surface area (Å²) in [6.45, 7) is 1.50. The van der Waals surface area contributed by atoms with Gasteiger partial charge < -0.3 is 15.7 Å². The molecular weight excluding hydrogens is 240 g/mol. The zero-order chi connectivity index (χ0) is 13.6. The lowest BCUT2D eigenvalue weighted by Gasteiger charge is -2.26. The van der Waals surface area contributed by atoms with Gasteiger partial charge in [-0.1, -0.05) is 25.7 Å². The van der Waals surface area contributed by atoms with E-state index in [4.69, 9.17) is 0 Å². The molecule has 2 rings (SSSR count). The Balaban J connectivity index is 1.51. The topological polar surface area (TPSA) is 61.4 Å². The molecule has 4 nitrogen and oxygen atoms in total. The normalized spacial score (nSPS) is 22.8. The Hall–Kier alpha value is -0.610. The minimum absolute atomic E-state index is 0.178. The lowest BCUT2D eigenvalue weighted by molar-refractivity contribution is -0.121. The fourth-order valence-electron chi connectivity index (χ4n) is 2.79. The summed E-state index contributed by atoms with van der Waals surface area (Å²) in [4.78, 5) is 11.5. The van der Waals surface area contributed by atoms with Crippen LogP contribution in [0.4, 0.5) is 0 Å². The Morgan fingerprint density at radius 2 is 1.84 bits per heavy atom. The van der Waals surface area contributed by atoms with E-state index in [1.54, 1.807) is 0 Å². The van der Waals surface area contributed by atoms with E-state index in [2.05, 4.69) is 10.6 Å². The van der Waals surface area contributed by atoms with E-state index in [0.29, 0.717) is 19.0 Å². The number of amides is 1. The van der Waals surface area contributed by atoms with Gasteiger partial charge in [0, 0.05) is 19.0 Å². The lowest BCUT2D eigenvalue weighted by atomic mass is 9.94. The summed E-state index contributed by atoms with van der Waals surface area (Å²) in [5.74, 6) is 0.178. The van der Waals surface area contributed by atoms with Crippen LogP contribution in [0.2, 0.25) is 0 Å². The van der Waals surface area contributed by atoms with Crippen LogP contribution in [0.1, 0.15) is 64.2 Å². The highest BCUT2D eigenvalue weighted by atomic mass is 16.3. The van der Waals surface area contributed by atoms with Crippen LogP contribution in [0.5, 0.6) is 0 Å². The van der Waals surface area contributed by atoms with Crippen molar-refractivity contribution in [3.8, 4) is 0 Å². The molecule has 0 bridgehead atoms. The van der Waals surface area contributed by atoms with Crippen LogP contribution >= 0.6 is 0 Å². The molecule has 0 aromatic heterocycles. The molecular formula is C15H28N2O2. The van der Waals surface area contributed by atoms with Crippen molar-refractivity contribution in [1.82, 2.24) is 10.6 Å². The molecule has 110 valence electrons. The smallest absolute Gasteiger partial charge is 0.220 e. The zero-order valence-corrected chi connectivity index (χ0v) is 11.9. The van der Waals surface area contributed by atoms with E-state index in [0.717, 1.165) is 51.5 Å². The summed E-state index contributed by atoms with van der Waals surface area (Å²) in [6, 6.07) is 0.465. The van der Waals surface area contributed by atoms with E-state index >= 15 is 0 Å². The predicted molar refractivity (Wildman–Crippen MR) is 75.9 cm³/mol. The quantitative estimate of drug-likeness (QED) is 0.487. The first-order valence-electron chi connectivity index (χ1n) is 7.90. The molecule has 19 heavy (non-hydrogen) atoms. The number of hydrogen-bond donors (Lipinski definition) is 3. The summed E-state index contributed by atoms with van der Waals surface area (Å²) in [6.07, 6.45) is 10.4. The number of aliphatic hydroxyl groups is 1. The number of hydrogen-bond acceptors (Lipinski definition) is 3. The zero-order valence-electron chi connectivity index (χ0n) is 11.9. The fraction of sp³-hybridized carbons (Fsp3) is 0.933. The Labute approximate surface area is 116 Å². The largest absolute Gasteiger partial charge is 0.389 e. The molecule has 0 unspecified atom stereocenters. The summed E-state index contributed by atoms with van der Waals surface area (Å²) in [5.41, 5.74) is -0.507. The van der Waals surface area contributed by atoms with Gasteiger partial charge in [0.05, 0.1) is 5.60 Å². The molecule has 2 aliphatic carbocycles. The monoisotopic (exact) mass is 268 g/mol. The molecule has 0 atom stereocenters. The minimum atomic E-state index is -0.507. The summed E-state index contributed by atoms with van der Waals surface area (Å²) in [5, 5.41) is 16.8. The van der Waals surface area contributed by atoms with E-state index in [9.17, 15) is 9.90 Å². The first kappa shape index (κ1) is 14.8. The van der Waals surface area contributed by atoms with Crippen molar-refractivity contribution < 1.29 is 9.90 Å². The number of carbonyl (C=O) groups excluding carboxylic acids is 1. The Morgan fingerprint density at radius 3 is 2.47 bits per heavy atom. The molecule has 0 aliphatic heterocycles. The van der Waals surface area contributed by atoms with Gasteiger partial charge in [0.1, 0.15) is 0 Å². The molecule has 0 spiro atoms. The second-order valence-electron chi connectivity index (χ2n) is 6.26. The predicted octanol–water partition coefficient (Wildman–Crippen LogP) is 1.72. The fourth-order valence-corrected chi connectivity index (χ4v) is 2.79. The van der Waals surface area contributed by atoms with Crippen molar-refractivity contribution in [3.63, 3.8) is 0 Å². The maximum atomic E-state index is 11.5. The molecule has 2 fully saturated rings. The van der Waals surface area contributed by atoms with Crippen LogP contribution in [-0.2, 0) is 4.79 Å². The number of rotatable bonds is 7. The van der Waals surface area contributed by atoms with Crippen molar-refractivity contribution in [2.24, 2.45) is 0 Å². The average Bonchev–Trinajstić information content (AvgIpc) is 3.18. The molecule has 4 heteroatoms. The van der Waals surface area contributed by atoms with Crippen LogP contribution in [0.15, 0.2) is 0 Å². The van der Waals surface area contributed by atoms with Gasteiger partial charge in [-0.25, -0.2) is 0 Å². The van der Waals surface area contributed by atoms with Crippen LogP contribution < -0.4 is 10.6 Å². The Kier molecular flexibility index (Phi) is 5.64. The Bertz CT molecular complexity index is 282. The van der Waals surface area contributed by atoms with Crippen LogP contribution in [0.25, 0.3) is 0 Å². The van der Waals surface area contributed by atoms with E-state index in [1.807, 2.05) is 0 Å². The molecule has 2 saturated carbocycles. The van der Waals surface area contributed by atoms with Gasteiger partial charge in [0.15, 0.2) is 0 Å². The molecule has 1 amide bonds. The number of nitrogens with one attached hydrogen (secondary N) is 2. The van der Waals surface area contributed by atoms with Gasteiger partial charge in [0.2, 0.25) is 5.91 Å². The molecule has 0 heterocycles. The van der Waals surface area contributed by atoms with E-state index in [1.165, 1.54) is 12.8 Å². The van der Waals surface area contributed by atoms with Crippen LogP contribution in [-0.4, -0.2) is 35.7 Å². The minimum Gasteiger partial charge on any atom is -0.389 e.